The lowest BCUT2D eigenvalue weighted by Crippen LogP contribution is -2.12. The lowest BCUT2D eigenvalue weighted by atomic mass is 10.1. The highest BCUT2D eigenvalue weighted by Gasteiger charge is 2.16. The molecule has 3 aromatic carbocycles. The minimum Gasteiger partial charge on any atom is -0.457 e. The number of benzene rings is 3. The monoisotopic (exact) mass is 480 g/mol. The highest BCUT2D eigenvalue weighted by molar-refractivity contribution is 6.03. The number of anilines is 1. The Morgan fingerprint density at radius 1 is 1.06 bits per heavy atom. The van der Waals surface area contributed by atoms with Gasteiger partial charge in [-0.25, -0.2) is 0 Å². The van der Waals surface area contributed by atoms with Gasteiger partial charge in [-0.1, -0.05) is 18.2 Å². The van der Waals surface area contributed by atoms with E-state index in [1.807, 2.05) is 19.1 Å². The minimum absolute atomic E-state index is 0.00774. The van der Waals surface area contributed by atoms with Crippen molar-refractivity contribution in [1.29, 1.82) is 0 Å². The standard InChI is InChI=1S/C24H18F2N4O5/c1-14-4-2-3-5-22(14)34-19-11-16(10-17(12-19)30(32)33)27-23(31)21-13-20(28-29-21)15-6-8-18(9-7-15)35-24(25)26/h2-13,24H,1H3,(H,27,31)(H,28,29). The van der Waals surface area contributed by atoms with Crippen molar-refractivity contribution in [1.82, 2.24) is 10.2 Å². The van der Waals surface area contributed by atoms with Crippen molar-refractivity contribution in [3.8, 4) is 28.5 Å². The van der Waals surface area contributed by atoms with Crippen LogP contribution < -0.4 is 14.8 Å². The number of nitro benzene ring substituents is 1. The van der Waals surface area contributed by atoms with Gasteiger partial charge in [0.2, 0.25) is 0 Å². The van der Waals surface area contributed by atoms with E-state index in [0.717, 1.165) is 5.56 Å². The molecule has 11 heteroatoms. The summed E-state index contributed by atoms with van der Waals surface area (Å²) in [5.74, 6) is 0.101. The number of ether oxygens (including phenoxy) is 2. The summed E-state index contributed by atoms with van der Waals surface area (Å²) in [4.78, 5) is 23.5. The van der Waals surface area contributed by atoms with Crippen LogP contribution in [0.25, 0.3) is 11.3 Å². The zero-order chi connectivity index (χ0) is 24.9. The SMILES string of the molecule is Cc1ccccc1Oc1cc(NC(=O)c2cc(-c3ccc(OC(F)F)cc3)n[nH]2)cc([N+](=O)[O-])c1. The molecule has 4 aromatic rings. The number of hydrogen-bond donors (Lipinski definition) is 2. The van der Waals surface area contributed by atoms with Crippen molar-refractivity contribution in [2.75, 3.05) is 5.32 Å². The molecule has 0 fully saturated rings. The summed E-state index contributed by atoms with van der Waals surface area (Å²) in [5.41, 5.74) is 1.76. The van der Waals surface area contributed by atoms with Gasteiger partial charge in [-0.2, -0.15) is 13.9 Å². The van der Waals surface area contributed by atoms with E-state index in [1.165, 1.54) is 48.5 Å². The molecule has 1 amide bonds. The van der Waals surface area contributed by atoms with Gasteiger partial charge in [-0.05, 0) is 48.9 Å². The zero-order valence-electron chi connectivity index (χ0n) is 18.2. The van der Waals surface area contributed by atoms with Gasteiger partial charge >= 0.3 is 6.61 Å². The fraction of sp³-hybridized carbons (Fsp3) is 0.0833. The number of aromatic amines is 1. The van der Waals surface area contributed by atoms with E-state index in [4.69, 9.17) is 4.74 Å². The molecule has 0 aliphatic rings. The Kier molecular flexibility index (Phi) is 6.67. The van der Waals surface area contributed by atoms with E-state index in [9.17, 15) is 23.7 Å². The van der Waals surface area contributed by atoms with Crippen LogP contribution in [-0.4, -0.2) is 27.6 Å². The maximum Gasteiger partial charge on any atom is 0.387 e. The molecule has 0 aliphatic carbocycles. The molecule has 0 spiro atoms. The van der Waals surface area contributed by atoms with Crippen molar-refractivity contribution in [2.24, 2.45) is 0 Å². The summed E-state index contributed by atoms with van der Waals surface area (Å²) in [7, 11) is 0. The summed E-state index contributed by atoms with van der Waals surface area (Å²) >= 11 is 0. The van der Waals surface area contributed by atoms with E-state index >= 15 is 0 Å². The van der Waals surface area contributed by atoms with Crippen LogP contribution in [0.4, 0.5) is 20.2 Å². The maximum absolute atomic E-state index is 12.7. The van der Waals surface area contributed by atoms with Crippen LogP contribution in [0.3, 0.4) is 0 Å². The number of amides is 1. The molecule has 0 unspecified atom stereocenters. The average molecular weight is 480 g/mol. The molecule has 178 valence electrons. The second-order valence-electron chi connectivity index (χ2n) is 7.36. The number of hydrogen-bond acceptors (Lipinski definition) is 6. The van der Waals surface area contributed by atoms with Crippen LogP contribution in [0, 0.1) is 17.0 Å². The van der Waals surface area contributed by atoms with E-state index < -0.39 is 17.4 Å². The summed E-state index contributed by atoms with van der Waals surface area (Å²) in [6, 6.07) is 18.3. The van der Waals surface area contributed by atoms with Crippen LogP contribution in [0.15, 0.2) is 72.8 Å². The Bertz CT molecular complexity index is 1370. The normalized spacial score (nSPS) is 10.7. The molecule has 0 bridgehead atoms. The molecular formula is C24H18F2N4O5. The summed E-state index contributed by atoms with van der Waals surface area (Å²) in [5, 5.41) is 20.6. The second-order valence-corrected chi connectivity index (χ2v) is 7.36. The Morgan fingerprint density at radius 3 is 2.49 bits per heavy atom. The number of aryl methyl sites for hydroxylation is 1. The van der Waals surface area contributed by atoms with Crippen molar-refractivity contribution in [3.05, 3.63) is 94.2 Å². The van der Waals surface area contributed by atoms with E-state index in [1.54, 1.807) is 12.1 Å². The maximum atomic E-state index is 12.7. The van der Waals surface area contributed by atoms with Crippen LogP contribution in [0.5, 0.6) is 17.2 Å². The first-order valence-corrected chi connectivity index (χ1v) is 10.2. The molecule has 2 N–H and O–H groups in total. The number of non-ortho nitro benzene ring substituents is 1. The third-order valence-electron chi connectivity index (χ3n) is 4.88. The number of aromatic nitrogens is 2. The van der Waals surface area contributed by atoms with Crippen LogP contribution >= 0.6 is 0 Å². The Labute approximate surface area is 197 Å². The van der Waals surface area contributed by atoms with E-state index in [0.29, 0.717) is 17.0 Å². The van der Waals surface area contributed by atoms with Crippen LogP contribution in [0.2, 0.25) is 0 Å². The third-order valence-corrected chi connectivity index (χ3v) is 4.88. The highest BCUT2D eigenvalue weighted by atomic mass is 19.3. The highest BCUT2D eigenvalue weighted by Crippen LogP contribution is 2.31. The summed E-state index contributed by atoms with van der Waals surface area (Å²) in [6.45, 7) is -1.09. The number of alkyl halides is 2. The van der Waals surface area contributed by atoms with Gasteiger partial charge in [0.15, 0.2) is 0 Å². The van der Waals surface area contributed by atoms with Gasteiger partial charge < -0.3 is 14.8 Å². The van der Waals surface area contributed by atoms with Crippen molar-refractivity contribution < 1.29 is 28.0 Å². The first-order valence-electron chi connectivity index (χ1n) is 10.2. The molecule has 0 aliphatic heterocycles. The Hall–Kier alpha value is -4.80. The fourth-order valence-electron chi connectivity index (χ4n) is 3.21. The molecule has 0 radical (unpaired) electrons. The van der Waals surface area contributed by atoms with E-state index in [-0.39, 0.29) is 28.6 Å². The quantitative estimate of drug-likeness (QED) is 0.238. The molecule has 0 saturated heterocycles. The van der Waals surface area contributed by atoms with Crippen molar-refractivity contribution in [3.63, 3.8) is 0 Å². The smallest absolute Gasteiger partial charge is 0.387 e. The number of halogens is 2. The molecule has 4 rings (SSSR count). The van der Waals surface area contributed by atoms with Gasteiger partial charge in [0.1, 0.15) is 22.9 Å². The lowest BCUT2D eigenvalue weighted by molar-refractivity contribution is -0.384. The van der Waals surface area contributed by atoms with Crippen LogP contribution in [0.1, 0.15) is 16.1 Å². The third kappa shape index (κ3) is 5.77. The second kappa shape index (κ2) is 10.00. The predicted octanol–water partition coefficient (Wildman–Crippen LogP) is 5.94. The number of nitrogens with zero attached hydrogens (tertiary/aromatic N) is 2. The van der Waals surface area contributed by atoms with Crippen molar-refractivity contribution >= 4 is 17.3 Å². The Balaban J connectivity index is 1.52. The number of H-pyrrole nitrogens is 1. The minimum atomic E-state index is -2.93. The van der Waals surface area contributed by atoms with Gasteiger partial charge in [-0.15, -0.1) is 0 Å². The van der Waals surface area contributed by atoms with Crippen LogP contribution in [-0.2, 0) is 0 Å². The topological polar surface area (TPSA) is 119 Å². The number of nitrogens with one attached hydrogen (secondary N) is 2. The number of rotatable bonds is 8. The number of para-hydroxylation sites is 1. The fourth-order valence-corrected chi connectivity index (χ4v) is 3.21. The molecular weight excluding hydrogens is 462 g/mol. The number of carbonyl (C=O) groups excluding carboxylic acids is 1. The van der Waals surface area contributed by atoms with Crippen molar-refractivity contribution in [2.45, 2.75) is 13.5 Å². The van der Waals surface area contributed by atoms with Gasteiger partial charge in [-0.3, -0.25) is 20.0 Å². The average Bonchev–Trinajstić information content (AvgIpc) is 3.31. The van der Waals surface area contributed by atoms with E-state index in [2.05, 4.69) is 20.3 Å². The molecule has 1 heterocycles. The van der Waals surface area contributed by atoms with Gasteiger partial charge in [0, 0.05) is 17.7 Å². The molecule has 0 atom stereocenters. The predicted molar refractivity (Wildman–Crippen MR) is 123 cm³/mol. The number of nitro groups is 1. The molecule has 1 aromatic heterocycles. The molecule has 0 saturated carbocycles. The first-order chi connectivity index (χ1) is 16.8. The largest absolute Gasteiger partial charge is 0.457 e. The lowest BCUT2D eigenvalue weighted by Gasteiger charge is -2.10. The first kappa shape index (κ1) is 23.4. The Morgan fingerprint density at radius 2 is 1.80 bits per heavy atom. The zero-order valence-corrected chi connectivity index (χ0v) is 18.2. The van der Waals surface area contributed by atoms with Gasteiger partial charge in [0.05, 0.1) is 22.4 Å². The molecule has 9 nitrogen and oxygen atoms in total. The summed E-state index contributed by atoms with van der Waals surface area (Å²) in [6.07, 6.45) is 0. The molecule has 35 heavy (non-hydrogen) atoms. The van der Waals surface area contributed by atoms with Gasteiger partial charge in [0.25, 0.3) is 11.6 Å². The summed E-state index contributed by atoms with van der Waals surface area (Å²) < 4.78 is 34.7. The number of carbonyl (C=O) groups is 1.